The summed E-state index contributed by atoms with van der Waals surface area (Å²) >= 11 is 1.64. The Hall–Kier alpha value is -1.72. The molecule has 1 saturated heterocycles. The lowest BCUT2D eigenvalue weighted by molar-refractivity contribution is -0.142. The SMILES string of the molecule is O=C(O)C1CCCN1C(c1cccnc1)c1ccsc1. The number of carboxylic acid groups (broad SMARTS) is 1. The Bertz CT molecular complexity index is 571. The first-order valence-electron chi connectivity index (χ1n) is 6.68. The summed E-state index contributed by atoms with van der Waals surface area (Å²) in [6.07, 6.45) is 5.22. The molecule has 1 fully saturated rings. The van der Waals surface area contributed by atoms with E-state index in [1.54, 1.807) is 17.5 Å². The summed E-state index contributed by atoms with van der Waals surface area (Å²) in [6.45, 7) is 0.812. The van der Waals surface area contributed by atoms with Gasteiger partial charge in [0, 0.05) is 18.9 Å². The van der Waals surface area contributed by atoms with E-state index in [0.717, 1.165) is 30.5 Å². The Labute approximate surface area is 121 Å². The summed E-state index contributed by atoms with van der Waals surface area (Å²) in [4.78, 5) is 17.7. The van der Waals surface area contributed by atoms with Gasteiger partial charge in [0.1, 0.15) is 6.04 Å². The van der Waals surface area contributed by atoms with Crippen LogP contribution in [0.5, 0.6) is 0 Å². The van der Waals surface area contributed by atoms with Crippen LogP contribution in [0.3, 0.4) is 0 Å². The van der Waals surface area contributed by atoms with Crippen LogP contribution in [0.15, 0.2) is 41.4 Å². The molecule has 0 amide bonds. The van der Waals surface area contributed by atoms with Crippen molar-refractivity contribution >= 4 is 17.3 Å². The molecule has 2 aromatic heterocycles. The zero-order valence-corrected chi connectivity index (χ0v) is 11.8. The van der Waals surface area contributed by atoms with Crippen LogP contribution < -0.4 is 0 Å². The Kier molecular flexibility index (Phi) is 3.80. The van der Waals surface area contributed by atoms with Crippen molar-refractivity contribution < 1.29 is 9.90 Å². The number of nitrogens with zero attached hydrogens (tertiary/aromatic N) is 2. The predicted molar refractivity (Wildman–Crippen MR) is 77.8 cm³/mol. The minimum absolute atomic E-state index is 0.0152. The number of hydrogen-bond donors (Lipinski definition) is 1. The summed E-state index contributed by atoms with van der Waals surface area (Å²) in [5.74, 6) is -0.730. The Morgan fingerprint density at radius 3 is 3.00 bits per heavy atom. The number of likely N-dealkylation sites (tertiary alicyclic amines) is 1. The van der Waals surface area contributed by atoms with Crippen LogP contribution in [-0.2, 0) is 4.79 Å². The third kappa shape index (κ3) is 2.46. The quantitative estimate of drug-likeness (QED) is 0.940. The van der Waals surface area contributed by atoms with E-state index < -0.39 is 12.0 Å². The first-order valence-corrected chi connectivity index (χ1v) is 7.62. The van der Waals surface area contributed by atoms with Gasteiger partial charge in [-0.1, -0.05) is 6.07 Å². The third-order valence-electron chi connectivity index (χ3n) is 3.77. The molecular formula is C15H16N2O2S. The fourth-order valence-corrected chi connectivity index (χ4v) is 3.59. The molecule has 1 aliphatic heterocycles. The van der Waals surface area contributed by atoms with E-state index in [-0.39, 0.29) is 6.04 Å². The second-order valence-electron chi connectivity index (χ2n) is 4.98. The van der Waals surface area contributed by atoms with Gasteiger partial charge in [0.2, 0.25) is 0 Å². The van der Waals surface area contributed by atoms with Gasteiger partial charge >= 0.3 is 5.97 Å². The lowest BCUT2D eigenvalue weighted by Crippen LogP contribution is -2.39. The maximum Gasteiger partial charge on any atom is 0.320 e. The van der Waals surface area contributed by atoms with Gasteiger partial charge in [-0.2, -0.15) is 11.3 Å². The predicted octanol–water partition coefficient (Wildman–Crippen LogP) is 2.78. The van der Waals surface area contributed by atoms with Gasteiger partial charge in [-0.3, -0.25) is 14.7 Å². The van der Waals surface area contributed by atoms with E-state index in [0.29, 0.717) is 0 Å². The second-order valence-corrected chi connectivity index (χ2v) is 5.76. The molecule has 0 radical (unpaired) electrons. The minimum Gasteiger partial charge on any atom is -0.480 e. The van der Waals surface area contributed by atoms with Gasteiger partial charge in [0.05, 0.1) is 6.04 Å². The molecule has 2 aromatic rings. The van der Waals surface area contributed by atoms with E-state index in [4.69, 9.17) is 0 Å². The molecule has 2 atom stereocenters. The van der Waals surface area contributed by atoms with E-state index in [9.17, 15) is 9.90 Å². The van der Waals surface area contributed by atoms with Crippen LogP contribution >= 0.6 is 11.3 Å². The van der Waals surface area contributed by atoms with Crippen LogP contribution in [0.4, 0.5) is 0 Å². The molecule has 0 spiro atoms. The van der Waals surface area contributed by atoms with Crippen molar-refractivity contribution in [2.75, 3.05) is 6.54 Å². The van der Waals surface area contributed by atoms with Gasteiger partial charge in [-0.05, 0) is 46.9 Å². The molecule has 0 saturated carbocycles. The molecule has 20 heavy (non-hydrogen) atoms. The normalized spacial score (nSPS) is 20.9. The molecule has 0 aromatic carbocycles. The molecule has 3 rings (SSSR count). The zero-order chi connectivity index (χ0) is 13.9. The van der Waals surface area contributed by atoms with Crippen LogP contribution in [0.2, 0.25) is 0 Å². The summed E-state index contributed by atoms with van der Waals surface area (Å²) in [5.41, 5.74) is 2.20. The molecule has 3 heterocycles. The average molecular weight is 288 g/mol. The van der Waals surface area contributed by atoms with Gasteiger partial charge in [-0.25, -0.2) is 0 Å². The van der Waals surface area contributed by atoms with Gasteiger partial charge in [0.15, 0.2) is 0 Å². The van der Waals surface area contributed by atoms with E-state index in [1.807, 2.05) is 23.7 Å². The van der Waals surface area contributed by atoms with Crippen LogP contribution in [0.1, 0.15) is 30.0 Å². The van der Waals surface area contributed by atoms with Gasteiger partial charge < -0.3 is 5.11 Å². The fraction of sp³-hybridized carbons (Fsp3) is 0.333. The molecule has 1 aliphatic rings. The number of aliphatic carboxylic acids is 1. The Morgan fingerprint density at radius 2 is 2.35 bits per heavy atom. The maximum absolute atomic E-state index is 11.5. The second kappa shape index (κ2) is 5.73. The van der Waals surface area contributed by atoms with E-state index >= 15 is 0 Å². The maximum atomic E-state index is 11.5. The number of hydrogen-bond acceptors (Lipinski definition) is 4. The summed E-state index contributed by atoms with van der Waals surface area (Å²) in [5, 5.41) is 13.5. The molecule has 4 nitrogen and oxygen atoms in total. The van der Waals surface area contributed by atoms with Crippen molar-refractivity contribution in [1.82, 2.24) is 9.88 Å². The minimum atomic E-state index is -0.730. The first-order chi connectivity index (χ1) is 9.77. The Balaban J connectivity index is 2.00. The first kappa shape index (κ1) is 13.3. The molecule has 0 bridgehead atoms. The summed E-state index contributed by atoms with van der Waals surface area (Å²) < 4.78 is 0. The van der Waals surface area contributed by atoms with Crippen molar-refractivity contribution in [3.8, 4) is 0 Å². The summed E-state index contributed by atoms with van der Waals surface area (Å²) in [7, 11) is 0. The highest BCUT2D eigenvalue weighted by atomic mass is 32.1. The molecule has 5 heteroatoms. The number of aromatic nitrogens is 1. The molecular weight excluding hydrogens is 272 g/mol. The zero-order valence-electron chi connectivity index (χ0n) is 11.0. The van der Waals surface area contributed by atoms with E-state index in [1.165, 1.54) is 0 Å². The summed E-state index contributed by atoms with van der Waals surface area (Å²) in [6, 6.07) is 5.57. The molecule has 2 unspecified atom stereocenters. The highest BCUT2D eigenvalue weighted by Crippen LogP contribution is 2.35. The van der Waals surface area contributed by atoms with Crippen molar-refractivity contribution in [2.45, 2.75) is 24.9 Å². The van der Waals surface area contributed by atoms with Crippen LogP contribution in [0.25, 0.3) is 0 Å². The van der Waals surface area contributed by atoms with Crippen molar-refractivity contribution in [3.63, 3.8) is 0 Å². The number of rotatable bonds is 4. The van der Waals surface area contributed by atoms with Crippen molar-refractivity contribution in [2.24, 2.45) is 0 Å². The Morgan fingerprint density at radius 1 is 1.45 bits per heavy atom. The van der Waals surface area contributed by atoms with Crippen LogP contribution in [0, 0.1) is 0 Å². The van der Waals surface area contributed by atoms with Crippen LogP contribution in [-0.4, -0.2) is 33.5 Å². The number of thiophene rings is 1. The molecule has 0 aliphatic carbocycles. The number of carbonyl (C=O) groups is 1. The monoisotopic (exact) mass is 288 g/mol. The standard InChI is InChI=1S/C15H16N2O2S/c18-15(19)13-4-2-7-17(13)14(12-5-8-20-10-12)11-3-1-6-16-9-11/h1,3,5-6,8-10,13-14H,2,4,7H2,(H,18,19). The third-order valence-corrected chi connectivity index (χ3v) is 4.47. The largest absolute Gasteiger partial charge is 0.480 e. The highest BCUT2D eigenvalue weighted by molar-refractivity contribution is 7.08. The fourth-order valence-electron chi connectivity index (χ4n) is 2.91. The van der Waals surface area contributed by atoms with Crippen molar-refractivity contribution in [3.05, 3.63) is 52.5 Å². The smallest absolute Gasteiger partial charge is 0.320 e. The topological polar surface area (TPSA) is 53.4 Å². The molecule has 1 N–H and O–H groups in total. The lowest BCUT2D eigenvalue weighted by atomic mass is 10.0. The van der Waals surface area contributed by atoms with Gasteiger partial charge in [0.25, 0.3) is 0 Å². The lowest BCUT2D eigenvalue weighted by Gasteiger charge is -2.31. The average Bonchev–Trinajstić information content (AvgIpc) is 3.12. The number of pyridine rings is 1. The number of carboxylic acids is 1. The van der Waals surface area contributed by atoms with Crippen molar-refractivity contribution in [1.29, 1.82) is 0 Å². The van der Waals surface area contributed by atoms with E-state index in [2.05, 4.69) is 21.3 Å². The van der Waals surface area contributed by atoms with Gasteiger partial charge in [-0.15, -0.1) is 0 Å². The highest BCUT2D eigenvalue weighted by Gasteiger charge is 2.36. The molecule has 104 valence electrons.